The number of benzene rings is 1. The van der Waals surface area contributed by atoms with Gasteiger partial charge >= 0.3 is 0 Å². The predicted molar refractivity (Wildman–Crippen MR) is 128 cm³/mol. The van der Waals surface area contributed by atoms with Crippen LogP contribution in [-0.4, -0.2) is 63.5 Å². The Labute approximate surface area is 193 Å². The Morgan fingerprint density at radius 1 is 1.12 bits per heavy atom. The number of anilines is 1. The summed E-state index contributed by atoms with van der Waals surface area (Å²) in [6.07, 6.45) is 0. The third-order valence-electron chi connectivity index (χ3n) is 6.46. The molecule has 9 nitrogen and oxygen atoms in total. The smallest absolute Gasteiger partial charge is 0.228 e. The molecule has 2 aliphatic heterocycles. The average Bonchev–Trinajstić information content (AvgIpc) is 3.13. The van der Waals surface area contributed by atoms with Gasteiger partial charge in [-0.15, -0.1) is 0 Å². The second kappa shape index (κ2) is 8.35. The van der Waals surface area contributed by atoms with E-state index < -0.39 is 4.76 Å². The van der Waals surface area contributed by atoms with Crippen molar-refractivity contribution in [3.63, 3.8) is 0 Å². The molecule has 0 spiro atoms. The van der Waals surface area contributed by atoms with Gasteiger partial charge in [-0.3, -0.25) is 15.3 Å². The summed E-state index contributed by atoms with van der Waals surface area (Å²) < 4.78 is 1.08. The molecule has 0 bridgehead atoms. The minimum absolute atomic E-state index is 0.0774. The van der Waals surface area contributed by atoms with Gasteiger partial charge in [-0.25, -0.2) is 19.7 Å². The molecule has 1 fully saturated rings. The molecule has 1 aromatic carbocycles. The van der Waals surface area contributed by atoms with Gasteiger partial charge in [-0.2, -0.15) is 0 Å². The van der Waals surface area contributed by atoms with E-state index in [4.69, 9.17) is 5.41 Å². The van der Waals surface area contributed by atoms with Gasteiger partial charge in [-0.1, -0.05) is 30.3 Å². The molecular weight excluding hydrogens is 416 g/mol. The lowest BCUT2D eigenvalue weighted by Gasteiger charge is -2.42. The maximum atomic E-state index is 13.9. The number of hydroxylamine groups is 2. The summed E-state index contributed by atoms with van der Waals surface area (Å²) in [4.78, 5) is 11.4. The summed E-state index contributed by atoms with van der Waals surface area (Å²) in [5.41, 5.74) is 8.48. The van der Waals surface area contributed by atoms with Gasteiger partial charge in [0.2, 0.25) is 5.62 Å². The molecule has 2 aliphatic rings. The predicted octanol–water partition coefficient (Wildman–Crippen LogP) is 2.22. The molecule has 3 aromatic rings. The Bertz CT molecular complexity index is 1220. The number of aromatic nitrogens is 3. The molecule has 2 atom stereocenters. The minimum atomic E-state index is -0.626. The zero-order chi connectivity index (χ0) is 23.2. The number of nitrogens with zero attached hydrogens (tertiary/aromatic N) is 5. The van der Waals surface area contributed by atoms with E-state index in [1.807, 2.05) is 56.3 Å². The highest BCUT2D eigenvalue weighted by atomic mass is 16.6. The van der Waals surface area contributed by atoms with Gasteiger partial charge < -0.3 is 10.5 Å². The number of nitrogens with one attached hydrogen (secondary N) is 3. The summed E-state index contributed by atoms with van der Waals surface area (Å²) in [5, 5.41) is 26.0. The third kappa shape index (κ3) is 4.16. The monoisotopic (exact) mass is 446 g/mol. The van der Waals surface area contributed by atoms with Crippen molar-refractivity contribution in [2.45, 2.75) is 26.6 Å². The number of rotatable bonds is 4. The number of likely N-dealkylation sites (N-methyl/N-ethyl adjacent to an activating group) is 1. The number of hydrogen-bond donors (Lipinski definition) is 3. The van der Waals surface area contributed by atoms with Crippen LogP contribution in [0.5, 0.6) is 0 Å². The molecule has 172 valence electrons. The van der Waals surface area contributed by atoms with Crippen molar-refractivity contribution in [1.29, 1.82) is 5.41 Å². The fourth-order valence-electron chi connectivity index (χ4n) is 4.85. The molecule has 1 unspecified atom stereocenters. The summed E-state index contributed by atoms with van der Waals surface area (Å²) in [5.74, 6) is 0.639. The Morgan fingerprint density at radius 3 is 2.55 bits per heavy atom. The van der Waals surface area contributed by atoms with E-state index in [1.165, 1.54) is 0 Å². The Hall–Kier alpha value is -3.11. The lowest BCUT2D eigenvalue weighted by molar-refractivity contribution is -0.875. The Balaban J connectivity index is 1.65. The van der Waals surface area contributed by atoms with Crippen LogP contribution in [0.25, 0.3) is 22.4 Å². The zero-order valence-corrected chi connectivity index (χ0v) is 19.3. The molecule has 4 heterocycles. The molecule has 33 heavy (non-hydrogen) atoms. The fraction of sp³-hybridized carbons (Fsp3) is 0.375. The topological polar surface area (TPSA) is 105 Å². The number of fused-ring (bicyclic) bond motifs is 1. The number of aryl methyl sites for hydroxylation is 2. The van der Waals surface area contributed by atoms with Crippen LogP contribution in [0.15, 0.2) is 42.5 Å². The molecule has 0 radical (unpaired) electrons. The van der Waals surface area contributed by atoms with Crippen LogP contribution in [0.3, 0.4) is 0 Å². The molecular formula is C24H30N8O. The lowest BCUT2D eigenvalue weighted by atomic mass is 9.99. The fourth-order valence-corrected chi connectivity index (χ4v) is 4.85. The van der Waals surface area contributed by atoms with Crippen LogP contribution >= 0.6 is 0 Å². The summed E-state index contributed by atoms with van der Waals surface area (Å²) in [6.45, 7) is 7.03. The molecule has 0 amide bonds. The summed E-state index contributed by atoms with van der Waals surface area (Å²) in [7, 11) is 2.06. The quantitative estimate of drug-likeness (QED) is 0.419. The zero-order valence-electron chi connectivity index (χ0n) is 19.3. The highest BCUT2D eigenvalue weighted by Gasteiger charge is 2.36. The largest absolute Gasteiger partial charge is 0.605 e. The Morgan fingerprint density at radius 2 is 1.85 bits per heavy atom. The van der Waals surface area contributed by atoms with Crippen LogP contribution in [0.1, 0.15) is 11.4 Å². The number of quaternary nitrogens is 1. The Kier molecular flexibility index (Phi) is 5.49. The van der Waals surface area contributed by atoms with E-state index in [-0.39, 0.29) is 18.3 Å². The molecule has 1 saturated heterocycles. The van der Waals surface area contributed by atoms with E-state index >= 15 is 0 Å². The first-order chi connectivity index (χ1) is 15.8. The standard InChI is InChI=1S/C24H30N8O/c1-16-11-19(12-17(2)27-16)21-22(18-7-5-4-6-8-18)28-24(25)31-15-32(33,29-23(21)31)14-20-13-26-9-10-30(20)3/h4-8,11-12,20,25-26,29H,9-10,13-15H2,1-3H3/t20-,32?/m1/s1. The number of hydrogen-bond acceptors (Lipinski definition) is 7. The lowest BCUT2D eigenvalue weighted by Crippen LogP contribution is -2.58. The van der Waals surface area contributed by atoms with Crippen molar-refractivity contribution in [2.75, 3.05) is 38.7 Å². The van der Waals surface area contributed by atoms with Crippen molar-refractivity contribution in [1.82, 2.24) is 24.8 Å². The first-order valence-electron chi connectivity index (χ1n) is 11.3. The molecule has 0 saturated carbocycles. The highest BCUT2D eigenvalue weighted by molar-refractivity contribution is 5.88. The van der Waals surface area contributed by atoms with Crippen LogP contribution < -0.4 is 16.4 Å². The molecule has 0 aliphatic carbocycles. The molecule has 5 rings (SSSR count). The molecule has 2 aromatic heterocycles. The third-order valence-corrected chi connectivity index (χ3v) is 6.46. The first kappa shape index (κ1) is 21.7. The van der Waals surface area contributed by atoms with Crippen molar-refractivity contribution < 1.29 is 4.76 Å². The van der Waals surface area contributed by atoms with Crippen LogP contribution in [-0.2, 0) is 6.67 Å². The van der Waals surface area contributed by atoms with E-state index in [0.29, 0.717) is 18.1 Å². The van der Waals surface area contributed by atoms with E-state index in [9.17, 15) is 5.21 Å². The van der Waals surface area contributed by atoms with Crippen LogP contribution in [0, 0.1) is 24.5 Å². The second-order valence-electron chi connectivity index (χ2n) is 9.10. The van der Waals surface area contributed by atoms with E-state index in [1.54, 1.807) is 4.57 Å². The van der Waals surface area contributed by atoms with Gasteiger partial charge in [0.1, 0.15) is 6.54 Å². The van der Waals surface area contributed by atoms with Crippen molar-refractivity contribution >= 4 is 5.82 Å². The van der Waals surface area contributed by atoms with Crippen LogP contribution in [0.4, 0.5) is 5.82 Å². The van der Waals surface area contributed by atoms with Gasteiger partial charge in [0.05, 0.1) is 17.3 Å². The highest BCUT2D eigenvalue weighted by Crippen LogP contribution is 2.39. The van der Waals surface area contributed by atoms with Gasteiger partial charge in [0.25, 0.3) is 0 Å². The van der Waals surface area contributed by atoms with Gasteiger partial charge in [0, 0.05) is 36.6 Å². The minimum Gasteiger partial charge on any atom is -0.605 e. The maximum Gasteiger partial charge on any atom is 0.228 e. The number of pyridine rings is 1. The van der Waals surface area contributed by atoms with Gasteiger partial charge in [0.15, 0.2) is 12.5 Å². The van der Waals surface area contributed by atoms with Crippen molar-refractivity contribution in [2.24, 2.45) is 0 Å². The van der Waals surface area contributed by atoms with Crippen molar-refractivity contribution in [3.05, 3.63) is 64.7 Å². The average molecular weight is 447 g/mol. The van der Waals surface area contributed by atoms with Crippen LogP contribution in [0.2, 0.25) is 0 Å². The second-order valence-corrected chi connectivity index (χ2v) is 9.10. The SMILES string of the molecule is Cc1cc(-c2c(-c3ccccc3)nc(=N)n3c2N[N+]([O-])(C[C@H]2CNCCN2C)C3)cc(C)n1. The van der Waals surface area contributed by atoms with E-state index in [0.717, 1.165) is 47.7 Å². The molecule has 3 N–H and O–H groups in total. The summed E-state index contributed by atoms with van der Waals surface area (Å²) >= 11 is 0. The molecule has 9 heteroatoms. The normalized spacial score (nSPS) is 22.7. The van der Waals surface area contributed by atoms with Crippen molar-refractivity contribution in [3.8, 4) is 22.4 Å². The number of piperazine rings is 1. The maximum absolute atomic E-state index is 13.9. The van der Waals surface area contributed by atoms with Gasteiger partial charge in [-0.05, 0) is 38.6 Å². The van der Waals surface area contributed by atoms with E-state index in [2.05, 4.69) is 32.7 Å². The first-order valence-corrected chi connectivity index (χ1v) is 11.3. The summed E-state index contributed by atoms with van der Waals surface area (Å²) in [6, 6.07) is 14.0.